The summed E-state index contributed by atoms with van der Waals surface area (Å²) < 4.78 is 0. The Morgan fingerprint density at radius 3 is 2.38 bits per heavy atom. The van der Waals surface area contributed by atoms with Gasteiger partial charge in [0.25, 0.3) is 0 Å². The maximum Gasteiger partial charge on any atom is -0.0169 e. The van der Waals surface area contributed by atoms with Crippen molar-refractivity contribution in [3.05, 3.63) is 24.3 Å². The smallest absolute Gasteiger partial charge is 0.0169 e. The SMILES string of the molecule is C/C=C\C/C=C\CCCCC(C)C. The molecule has 0 fully saturated rings. The summed E-state index contributed by atoms with van der Waals surface area (Å²) in [6.07, 6.45) is 15.3. The van der Waals surface area contributed by atoms with Gasteiger partial charge >= 0.3 is 0 Å². The van der Waals surface area contributed by atoms with E-state index in [1.807, 2.05) is 0 Å². The summed E-state index contributed by atoms with van der Waals surface area (Å²) in [6.45, 7) is 6.65. The van der Waals surface area contributed by atoms with Crippen LogP contribution >= 0.6 is 0 Å². The highest BCUT2D eigenvalue weighted by Crippen LogP contribution is 2.08. The van der Waals surface area contributed by atoms with E-state index in [9.17, 15) is 0 Å². The molecular weight excluding hydrogens is 156 g/mol. The van der Waals surface area contributed by atoms with Gasteiger partial charge in [-0.1, -0.05) is 51.0 Å². The van der Waals surface area contributed by atoms with Crippen LogP contribution < -0.4 is 0 Å². The lowest BCUT2D eigenvalue weighted by Gasteiger charge is -2.01. The van der Waals surface area contributed by atoms with Crippen molar-refractivity contribution in [1.82, 2.24) is 0 Å². The van der Waals surface area contributed by atoms with Gasteiger partial charge < -0.3 is 0 Å². The minimum absolute atomic E-state index is 0.868. The van der Waals surface area contributed by atoms with Crippen LogP contribution in [-0.4, -0.2) is 0 Å². The van der Waals surface area contributed by atoms with Gasteiger partial charge in [0.15, 0.2) is 0 Å². The van der Waals surface area contributed by atoms with Crippen molar-refractivity contribution in [3.8, 4) is 0 Å². The van der Waals surface area contributed by atoms with Gasteiger partial charge in [-0.25, -0.2) is 0 Å². The average molecular weight is 180 g/mol. The summed E-state index contributed by atoms with van der Waals surface area (Å²) >= 11 is 0. The molecule has 0 saturated heterocycles. The standard InChI is InChI=1S/C13H24/c1-4-5-6-7-8-9-10-11-12-13(2)3/h4-5,7-8,13H,6,9-12H2,1-3H3/b5-4-,8-7-. The van der Waals surface area contributed by atoms with Crippen LogP contribution in [0, 0.1) is 5.92 Å². The van der Waals surface area contributed by atoms with E-state index in [0.717, 1.165) is 12.3 Å². The number of unbranched alkanes of at least 4 members (excludes halogenated alkanes) is 2. The van der Waals surface area contributed by atoms with E-state index in [1.54, 1.807) is 0 Å². The van der Waals surface area contributed by atoms with Crippen molar-refractivity contribution in [1.29, 1.82) is 0 Å². The Morgan fingerprint density at radius 2 is 1.77 bits per heavy atom. The molecule has 76 valence electrons. The van der Waals surface area contributed by atoms with Crippen molar-refractivity contribution >= 4 is 0 Å². The first-order valence-electron chi connectivity index (χ1n) is 5.53. The van der Waals surface area contributed by atoms with E-state index < -0.39 is 0 Å². The van der Waals surface area contributed by atoms with E-state index >= 15 is 0 Å². The van der Waals surface area contributed by atoms with Crippen LogP contribution in [0.4, 0.5) is 0 Å². The Hall–Kier alpha value is -0.520. The molecule has 0 spiro atoms. The Morgan fingerprint density at radius 1 is 1.00 bits per heavy atom. The van der Waals surface area contributed by atoms with Crippen LogP contribution in [0.5, 0.6) is 0 Å². The zero-order chi connectivity index (χ0) is 9.94. The topological polar surface area (TPSA) is 0 Å². The molecule has 0 aliphatic heterocycles. The summed E-state index contributed by atoms with van der Waals surface area (Å²) in [7, 11) is 0. The van der Waals surface area contributed by atoms with E-state index in [1.165, 1.54) is 25.7 Å². The Kier molecular flexibility index (Phi) is 9.18. The lowest BCUT2D eigenvalue weighted by molar-refractivity contribution is 0.540. The van der Waals surface area contributed by atoms with Crippen molar-refractivity contribution in [2.45, 2.75) is 52.9 Å². The maximum atomic E-state index is 2.31. The predicted octanol–water partition coefficient (Wildman–Crippen LogP) is 4.73. The second-order valence-electron chi connectivity index (χ2n) is 3.95. The number of hydrogen-bond donors (Lipinski definition) is 0. The molecule has 0 bridgehead atoms. The highest BCUT2D eigenvalue weighted by Gasteiger charge is 1.91. The molecule has 0 amide bonds. The highest BCUT2D eigenvalue weighted by atomic mass is 14.0. The van der Waals surface area contributed by atoms with E-state index in [4.69, 9.17) is 0 Å². The molecule has 0 N–H and O–H groups in total. The molecule has 0 atom stereocenters. The first kappa shape index (κ1) is 12.5. The Balaban J connectivity index is 3.11. The van der Waals surface area contributed by atoms with Gasteiger partial charge in [0.2, 0.25) is 0 Å². The fourth-order valence-corrected chi connectivity index (χ4v) is 1.24. The van der Waals surface area contributed by atoms with Crippen LogP contribution in [0.1, 0.15) is 52.9 Å². The third-order valence-electron chi connectivity index (χ3n) is 2.08. The zero-order valence-electron chi connectivity index (χ0n) is 9.42. The van der Waals surface area contributed by atoms with Crippen molar-refractivity contribution in [2.75, 3.05) is 0 Å². The summed E-state index contributed by atoms with van der Waals surface area (Å²) in [5.74, 6) is 0.868. The fourth-order valence-electron chi connectivity index (χ4n) is 1.24. The van der Waals surface area contributed by atoms with Crippen molar-refractivity contribution in [3.63, 3.8) is 0 Å². The predicted molar refractivity (Wildman–Crippen MR) is 61.9 cm³/mol. The van der Waals surface area contributed by atoms with Crippen LogP contribution in [0.15, 0.2) is 24.3 Å². The second kappa shape index (κ2) is 9.57. The molecule has 0 saturated carbocycles. The van der Waals surface area contributed by atoms with Gasteiger partial charge in [-0.3, -0.25) is 0 Å². The molecule has 0 aromatic carbocycles. The van der Waals surface area contributed by atoms with Crippen LogP contribution in [0.3, 0.4) is 0 Å². The van der Waals surface area contributed by atoms with Crippen molar-refractivity contribution < 1.29 is 0 Å². The second-order valence-corrected chi connectivity index (χ2v) is 3.95. The maximum absolute atomic E-state index is 2.31. The van der Waals surface area contributed by atoms with Gasteiger partial charge in [0, 0.05) is 0 Å². The molecule has 0 aromatic rings. The molecule has 0 aliphatic carbocycles. The van der Waals surface area contributed by atoms with Gasteiger partial charge in [-0.2, -0.15) is 0 Å². The molecule has 0 heterocycles. The molecule has 0 aliphatic rings. The van der Waals surface area contributed by atoms with Gasteiger partial charge in [0.1, 0.15) is 0 Å². The van der Waals surface area contributed by atoms with Gasteiger partial charge in [-0.05, 0) is 32.1 Å². The third kappa shape index (κ3) is 11.5. The van der Waals surface area contributed by atoms with E-state index in [2.05, 4.69) is 45.1 Å². The molecule has 0 aromatic heterocycles. The molecule has 0 radical (unpaired) electrons. The molecule has 13 heavy (non-hydrogen) atoms. The lowest BCUT2D eigenvalue weighted by Crippen LogP contribution is -1.85. The summed E-state index contributed by atoms with van der Waals surface area (Å²) in [6, 6.07) is 0. The first-order valence-corrected chi connectivity index (χ1v) is 5.53. The van der Waals surface area contributed by atoms with E-state index in [-0.39, 0.29) is 0 Å². The minimum Gasteiger partial charge on any atom is -0.0914 e. The quantitative estimate of drug-likeness (QED) is 0.392. The number of allylic oxidation sites excluding steroid dienone is 4. The molecular formula is C13H24. The van der Waals surface area contributed by atoms with Crippen LogP contribution in [-0.2, 0) is 0 Å². The zero-order valence-corrected chi connectivity index (χ0v) is 9.42. The molecule has 0 rings (SSSR count). The summed E-state index contributed by atoms with van der Waals surface area (Å²) in [4.78, 5) is 0. The van der Waals surface area contributed by atoms with Crippen LogP contribution in [0.2, 0.25) is 0 Å². The molecule has 0 unspecified atom stereocenters. The summed E-state index contributed by atoms with van der Waals surface area (Å²) in [5.41, 5.74) is 0. The van der Waals surface area contributed by atoms with Crippen LogP contribution in [0.25, 0.3) is 0 Å². The number of rotatable bonds is 7. The molecule has 0 heteroatoms. The van der Waals surface area contributed by atoms with Crippen molar-refractivity contribution in [2.24, 2.45) is 5.92 Å². The van der Waals surface area contributed by atoms with Gasteiger partial charge in [-0.15, -0.1) is 0 Å². The minimum atomic E-state index is 0.868. The Bertz CT molecular complexity index is 140. The monoisotopic (exact) mass is 180 g/mol. The molecule has 0 nitrogen and oxygen atoms in total. The van der Waals surface area contributed by atoms with Gasteiger partial charge in [0.05, 0.1) is 0 Å². The highest BCUT2D eigenvalue weighted by molar-refractivity contribution is 4.91. The number of hydrogen-bond acceptors (Lipinski definition) is 0. The lowest BCUT2D eigenvalue weighted by atomic mass is 10.1. The normalized spacial score (nSPS) is 12.3. The third-order valence-corrected chi connectivity index (χ3v) is 2.08. The fraction of sp³-hybridized carbons (Fsp3) is 0.692. The average Bonchev–Trinajstić information content (AvgIpc) is 2.09. The summed E-state index contributed by atoms with van der Waals surface area (Å²) in [5, 5.41) is 0. The largest absolute Gasteiger partial charge is 0.0914 e. The van der Waals surface area contributed by atoms with E-state index in [0.29, 0.717) is 0 Å². The first-order chi connectivity index (χ1) is 6.27. The Labute approximate surface area is 83.7 Å².